The van der Waals surface area contributed by atoms with Crippen molar-refractivity contribution in [1.82, 2.24) is 10.3 Å². The fourth-order valence-electron chi connectivity index (χ4n) is 5.84. The minimum absolute atomic E-state index is 0.0385. The highest BCUT2D eigenvalue weighted by atomic mass is 16.5. The number of ether oxygens (including phenoxy) is 2. The van der Waals surface area contributed by atoms with E-state index in [1.807, 2.05) is 30.5 Å². The number of aromatic nitrogens is 1. The van der Waals surface area contributed by atoms with E-state index in [1.54, 1.807) is 61.6 Å². The van der Waals surface area contributed by atoms with Gasteiger partial charge >= 0.3 is 0 Å². The van der Waals surface area contributed by atoms with Crippen molar-refractivity contribution in [3.8, 4) is 11.5 Å². The van der Waals surface area contributed by atoms with Crippen molar-refractivity contribution in [1.29, 1.82) is 0 Å². The molecule has 0 saturated heterocycles. The minimum atomic E-state index is -0.994. The summed E-state index contributed by atoms with van der Waals surface area (Å²) in [7, 11) is 3.10. The summed E-state index contributed by atoms with van der Waals surface area (Å²) in [5.41, 5.74) is 3.47. The Kier molecular flexibility index (Phi) is 9.29. The number of benzene rings is 3. The van der Waals surface area contributed by atoms with E-state index in [1.165, 1.54) is 6.92 Å². The Morgan fingerprint density at radius 3 is 2.35 bits per heavy atom. The highest BCUT2D eigenvalue weighted by Gasteiger charge is 2.35. The second kappa shape index (κ2) is 13.5. The Balaban J connectivity index is 1.60. The number of anilines is 2. The monoisotopic (exact) mass is 582 g/mol. The molecule has 1 atom stereocenters. The molecule has 1 aliphatic rings. The number of nitrogens with one attached hydrogen (secondary N) is 3. The Hall–Kier alpha value is -4.79. The van der Waals surface area contributed by atoms with Crippen LogP contribution in [0.25, 0.3) is 10.9 Å². The summed E-state index contributed by atoms with van der Waals surface area (Å²) >= 11 is 0. The number of carbonyl (C=O) groups excluding carboxylic acids is 3. The van der Waals surface area contributed by atoms with E-state index in [0.717, 1.165) is 48.6 Å². The molecule has 3 N–H and O–H groups in total. The van der Waals surface area contributed by atoms with Gasteiger partial charge in [-0.15, -0.1) is 0 Å². The third kappa shape index (κ3) is 6.83. The zero-order valence-electron chi connectivity index (χ0n) is 24.8. The van der Waals surface area contributed by atoms with Crippen molar-refractivity contribution in [2.24, 2.45) is 0 Å². The molecule has 0 spiro atoms. The van der Waals surface area contributed by atoms with Crippen molar-refractivity contribution in [2.75, 3.05) is 24.4 Å². The van der Waals surface area contributed by atoms with Crippen LogP contribution in [0.3, 0.4) is 0 Å². The van der Waals surface area contributed by atoms with Crippen molar-refractivity contribution in [3.63, 3.8) is 0 Å². The van der Waals surface area contributed by atoms with E-state index in [4.69, 9.17) is 9.47 Å². The summed E-state index contributed by atoms with van der Waals surface area (Å²) in [4.78, 5) is 45.1. The van der Waals surface area contributed by atoms with Gasteiger partial charge in [0.05, 0.1) is 20.6 Å². The quantitative estimate of drug-likeness (QED) is 0.215. The Bertz CT molecular complexity index is 1590. The number of aromatic amines is 1. The molecule has 1 fully saturated rings. The lowest BCUT2D eigenvalue weighted by molar-refractivity contribution is -0.127. The Morgan fingerprint density at radius 1 is 0.930 bits per heavy atom. The lowest BCUT2D eigenvalue weighted by atomic mass is 9.94. The van der Waals surface area contributed by atoms with Gasteiger partial charge in [-0.25, -0.2) is 0 Å². The largest absolute Gasteiger partial charge is 0.493 e. The molecular formula is C34H38N4O5. The number of methoxy groups -OCH3 is 2. The maximum Gasteiger partial charge on any atom is 0.248 e. The van der Waals surface area contributed by atoms with E-state index in [2.05, 4.69) is 15.6 Å². The van der Waals surface area contributed by atoms with E-state index in [0.29, 0.717) is 28.4 Å². The van der Waals surface area contributed by atoms with Gasteiger partial charge in [0.15, 0.2) is 11.5 Å². The topological polar surface area (TPSA) is 113 Å². The molecule has 224 valence electrons. The highest BCUT2D eigenvalue weighted by molar-refractivity contribution is 6.03. The number of carbonyl (C=O) groups is 3. The first kappa shape index (κ1) is 29.7. The molecule has 3 aromatic carbocycles. The standard InChI is InChI=1S/C34H38N4O5/c1-22(39)36-26-14-16-27(17-15-26)38(32(40)20-24-21-35-29-12-8-7-11-28(24)29)33(34(41)37-25-9-5-4-6-10-25)23-13-18-30(42-2)31(19-23)43-3/h7-8,11-19,21,25,33,35H,4-6,9-10,20H2,1-3H3,(H,36,39)(H,37,41)/t33-/m0/s1. The van der Waals surface area contributed by atoms with Crippen LogP contribution in [0.2, 0.25) is 0 Å². The molecule has 4 aromatic rings. The van der Waals surface area contributed by atoms with Gasteiger partial charge in [0.25, 0.3) is 0 Å². The van der Waals surface area contributed by atoms with Crippen LogP contribution < -0.4 is 25.0 Å². The van der Waals surface area contributed by atoms with Gasteiger partial charge in [0.2, 0.25) is 17.7 Å². The second-order valence-corrected chi connectivity index (χ2v) is 10.9. The predicted octanol–water partition coefficient (Wildman–Crippen LogP) is 5.91. The first-order chi connectivity index (χ1) is 20.9. The van der Waals surface area contributed by atoms with Crippen LogP contribution in [0.1, 0.15) is 56.2 Å². The van der Waals surface area contributed by atoms with Gasteiger partial charge in [0.1, 0.15) is 6.04 Å². The first-order valence-electron chi connectivity index (χ1n) is 14.6. The molecule has 3 amide bonds. The molecule has 9 nitrogen and oxygen atoms in total. The van der Waals surface area contributed by atoms with Crippen molar-refractivity contribution < 1.29 is 23.9 Å². The summed E-state index contributed by atoms with van der Waals surface area (Å²) < 4.78 is 11.0. The number of rotatable bonds is 10. The number of amides is 3. The van der Waals surface area contributed by atoms with Crippen molar-refractivity contribution >= 4 is 40.0 Å². The number of hydrogen-bond acceptors (Lipinski definition) is 5. The van der Waals surface area contributed by atoms with Crippen LogP contribution in [0.5, 0.6) is 11.5 Å². The van der Waals surface area contributed by atoms with Gasteiger partial charge in [-0.05, 0) is 66.4 Å². The number of para-hydroxylation sites is 1. The van der Waals surface area contributed by atoms with E-state index in [-0.39, 0.29) is 30.2 Å². The van der Waals surface area contributed by atoms with Crippen LogP contribution in [0.4, 0.5) is 11.4 Å². The Morgan fingerprint density at radius 2 is 1.65 bits per heavy atom. The molecule has 43 heavy (non-hydrogen) atoms. The van der Waals surface area contributed by atoms with Crippen LogP contribution in [-0.4, -0.2) is 43.0 Å². The number of nitrogens with zero attached hydrogens (tertiary/aromatic N) is 1. The summed E-state index contributed by atoms with van der Waals surface area (Å²) in [5.74, 6) is 0.262. The highest BCUT2D eigenvalue weighted by Crippen LogP contribution is 2.36. The number of fused-ring (bicyclic) bond motifs is 1. The van der Waals surface area contributed by atoms with Crippen LogP contribution in [0.15, 0.2) is 72.9 Å². The second-order valence-electron chi connectivity index (χ2n) is 10.9. The molecule has 0 bridgehead atoms. The van der Waals surface area contributed by atoms with Crippen LogP contribution in [-0.2, 0) is 20.8 Å². The van der Waals surface area contributed by atoms with Crippen molar-refractivity contribution in [2.45, 2.75) is 57.5 Å². The van der Waals surface area contributed by atoms with Crippen molar-refractivity contribution in [3.05, 3.63) is 84.1 Å². The fraction of sp³-hybridized carbons (Fsp3) is 0.324. The van der Waals surface area contributed by atoms with E-state index >= 15 is 0 Å². The maximum atomic E-state index is 14.4. The molecule has 9 heteroatoms. The average molecular weight is 583 g/mol. The third-order valence-corrected chi connectivity index (χ3v) is 7.93. The zero-order valence-corrected chi connectivity index (χ0v) is 24.8. The maximum absolute atomic E-state index is 14.4. The smallest absolute Gasteiger partial charge is 0.248 e. The van der Waals surface area contributed by atoms with E-state index in [9.17, 15) is 14.4 Å². The molecule has 1 aromatic heterocycles. The molecule has 0 aliphatic heterocycles. The molecule has 0 unspecified atom stereocenters. The van der Waals surface area contributed by atoms with Gasteiger partial charge in [0, 0.05) is 41.4 Å². The molecular weight excluding hydrogens is 544 g/mol. The van der Waals surface area contributed by atoms with Gasteiger partial charge < -0.3 is 25.1 Å². The lowest BCUT2D eigenvalue weighted by Crippen LogP contribution is -2.47. The first-order valence-corrected chi connectivity index (χ1v) is 14.6. The van der Waals surface area contributed by atoms with Gasteiger partial charge in [-0.2, -0.15) is 0 Å². The summed E-state index contributed by atoms with van der Waals surface area (Å²) in [5, 5.41) is 6.96. The number of hydrogen-bond donors (Lipinski definition) is 3. The van der Waals surface area contributed by atoms with Gasteiger partial charge in [-0.3, -0.25) is 19.3 Å². The lowest BCUT2D eigenvalue weighted by Gasteiger charge is -2.34. The molecule has 0 radical (unpaired) electrons. The molecule has 5 rings (SSSR count). The van der Waals surface area contributed by atoms with Crippen LogP contribution in [0, 0.1) is 0 Å². The fourth-order valence-corrected chi connectivity index (χ4v) is 5.84. The Labute approximate surface area is 251 Å². The van der Waals surface area contributed by atoms with Gasteiger partial charge in [-0.1, -0.05) is 43.5 Å². The molecule has 1 saturated carbocycles. The zero-order chi connectivity index (χ0) is 30.3. The average Bonchev–Trinajstić information content (AvgIpc) is 3.42. The SMILES string of the molecule is COc1ccc([C@@H](C(=O)NC2CCCCC2)N(C(=O)Cc2c[nH]c3ccccc23)c2ccc(NC(C)=O)cc2)cc1OC. The minimum Gasteiger partial charge on any atom is -0.493 e. The molecule has 1 aliphatic carbocycles. The predicted molar refractivity (Wildman–Crippen MR) is 168 cm³/mol. The normalized spacial score (nSPS) is 14.1. The number of H-pyrrole nitrogens is 1. The molecule has 1 heterocycles. The summed E-state index contributed by atoms with van der Waals surface area (Å²) in [6.45, 7) is 1.44. The third-order valence-electron chi connectivity index (χ3n) is 7.93. The van der Waals surface area contributed by atoms with Crippen LogP contribution >= 0.6 is 0 Å². The van der Waals surface area contributed by atoms with E-state index < -0.39 is 6.04 Å². The summed E-state index contributed by atoms with van der Waals surface area (Å²) in [6.07, 6.45) is 6.98. The summed E-state index contributed by atoms with van der Waals surface area (Å²) in [6, 6.07) is 19.1.